The number of carbonyl (C=O) groups is 1. The average molecular weight is 434 g/mol. The number of esters is 1. The fourth-order valence-electron chi connectivity index (χ4n) is 4.71. The van der Waals surface area contributed by atoms with Crippen LogP contribution in [0.25, 0.3) is 11.1 Å². The van der Waals surface area contributed by atoms with Crippen molar-refractivity contribution in [2.24, 2.45) is 0 Å². The summed E-state index contributed by atoms with van der Waals surface area (Å²) in [6.45, 7) is 2.24. The van der Waals surface area contributed by atoms with E-state index >= 15 is 0 Å². The summed E-state index contributed by atoms with van der Waals surface area (Å²) in [5, 5.41) is 0. The molecule has 1 aliphatic heterocycles. The van der Waals surface area contributed by atoms with E-state index in [1.54, 1.807) is 0 Å². The number of benzene rings is 4. The highest BCUT2D eigenvalue weighted by Gasteiger charge is 2.57. The quantitative estimate of drug-likeness (QED) is 0.248. The van der Waals surface area contributed by atoms with Crippen molar-refractivity contribution in [3.63, 3.8) is 0 Å². The molecule has 1 aliphatic rings. The van der Waals surface area contributed by atoms with Crippen molar-refractivity contribution in [3.05, 3.63) is 132 Å². The van der Waals surface area contributed by atoms with Gasteiger partial charge in [0.1, 0.15) is 6.04 Å². The lowest BCUT2D eigenvalue weighted by Crippen LogP contribution is -2.20. The molecule has 3 nitrogen and oxygen atoms in total. The lowest BCUT2D eigenvalue weighted by Gasteiger charge is -2.21. The molecule has 4 aromatic rings. The molecule has 1 heterocycles. The Morgan fingerprint density at radius 2 is 1.21 bits per heavy atom. The van der Waals surface area contributed by atoms with E-state index in [1.165, 1.54) is 22.3 Å². The smallest absolute Gasteiger partial charge is 0.325 e. The summed E-state index contributed by atoms with van der Waals surface area (Å²) >= 11 is 0. The van der Waals surface area contributed by atoms with Gasteiger partial charge in [0, 0.05) is 0 Å². The SMILES string of the molecule is CCOC(=O)[C@H]1[C@@H](c2ccc(-c3ccccc3)cc2)N1C(c1ccccc1)c1ccccc1. The van der Waals surface area contributed by atoms with Crippen LogP contribution in [0.1, 0.15) is 35.7 Å². The van der Waals surface area contributed by atoms with Crippen molar-refractivity contribution >= 4 is 5.97 Å². The summed E-state index contributed by atoms with van der Waals surface area (Å²) in [5.74, 6) is -0.161. The standard InChI is InChI=1S/C30H27NO2/c1-2-33-30(32)29-28(26-20-18-23(19-21-26)22-12-6-3-7-13-22)31(29)27(24-14-8-4-9-15-24)25-16-10-5-11-17-25/h3-21,27-29H,2H2,1H3/t28-,29-,31?/m1/s1. The van der Waals surface area contributed by atoms with Gasteiger partial charge in [0.05, 0.1) is 18.7 Å². The fourth-order valence-corrected chi connectivity index (χ4v) is 4.71. The molecule has 0 amide bonds. The lowest BCUT2D eigenvalue weighted by molar-refractivity contribution is -0.143. The molecule has 1 fully saturated rings. The van der Waals surface area contributed by atoms with Crippen LogP contribution in [0.5, 0.6) is 0 Å². The van der Waals surface area contributed by atoms with Crippen molar-refractivity contribution in [2.45, 2.75) is 25.0 Å². The first-order valence-electron chi connectivity index (χ1n) is 11.5. The van der Waals surface area contributed by atoms with E-state index in [0.29, 0.717) is 6.61 Å². The molecular weight excluding hydrogens is 406 g/mol. The molecule has 0 aliphatic carbocycles. The first-order valence-corrected chi connectivity index (χ1v) is 11.5. The van der Waals surface area contributed by atoms with E-state index < -0.39 is 0 Å². The van der Waals surface area contributed by atoms with Crippen molar-refractivity contribution in [2.75, 3.05) is 6.61 Å². The van der Waals surface area contributed by atoms with Gasteiger partial charge < -0.3 is 4.74 Å². The lowest BCUT2D eigenvalue weighted by atomic mass is 9.98. The van der Waals surface area contributed by atoms with E-state index in [2.05, 4.69) is 89.8 Å². The molecule has 5 rings (SSSR count). The van der Waals surface area contributed by atoms with E-state index in [0.717, 1.165) is 5.56 Å². The van der Waals surface area contributed by atoms with Crippen LogP contribution in [0.2, 0.25) is 0 Å². The van der Waals surface area contributed by atoms with Crippen molar-refractivity contribution < 1.29 is 9.53 Å². The molecule has 0 spiro atoms. The number of ether oxygens (including phenoxy) is 1. The Bertz CT molecular complexity index is 1150. The van der Waals surface area contributed by atoms with Crippen LogP contribution in [0.15, 0.2) is 115 Å². The highest BCUT2D eigenvalue weighted by molar-refractivity contribution is 5.81. The van der Waals surface area contributed by atoms with Gasteiger partial charge in [0.2, 0.25) is 0 Å². The zero-order chi connectivity index (χ0) is 22.6. The normalized spacial score (nSPS) is 19.3. The summed E-state index contributed by atoms with van der Waals surface area (Å²) in [7, 11) is 0. The third-order valence-corrected chi connectivity index (χ3v) is 6.27. The van der Waals surface area contributed by atoms with Gasteiger partial charge >= 0.3 is 5.97 Å². The topological polar surface area (TPSA) is 29.3 Å². The average Bonchev–Trinajstić information content (AvgIpc) is 3.61. The second-order valence-electron chi connectivity index (χ2n) is 8.30. The minimum absolute atomic E-state index is 0.0272. The summed E-state index contributed by atoms with van der Waals surface area (Å²) < 4.78 is 5.48. The molecular formula is C30H27NO2. The van der Waals surface area contributed by atoms with Crippen molar-refractivity contribution in [3.8, 4) is 11.1 Å². The van der Waals surface area contributed by atoms with Crippen LogP contribution in [-0.4, -0.2) is 23.5 Å². The highest BCUT2D eigenvalue weighted by Crippen LogP contribution is 2.52. The predicted octanol–water partition coefficient (Wildman–Crippen LogP) is 6.43. The summed E-state index contributed by atoms with van der Waals surface area (Å²) in [5.41, 5.74) is 5.82. The van der Waals surface area contributed by atoms with Crippen LogP contribution in [-0.2, 0) is 9.53 Å². The van der Waals surface area contributed by atoms with Crippen molar-refractivity contribution in [1.82, 2.24) is 4.90 Å². The van der Waals surface area contributed by atoms with Gasteiger partial charge in [-0.2, -0.15) is 0 Å². The molecule has 3 atom stereocenters. The predicted molar refractivity (Wildman–Crippen MR) is 132 cm³/mol. The fraction of sp³-hybridized carbons (Fsp3) is 0.167. The number of rotatable bonds is 7. The number of nitrogens with zero attached hydrogens (tertiary/aromatic N) is 1. The number of hydrogen-bond acceptors (Lipinski definition) is 3. The summed E-state index contributed by atoms with van der Waals surface area (Å²) in [6, 6.07) is 39.4. The molecule has 0 radical (unpaired) electrons. The molecule has 4 aromatic carbocycles. The van der Waals surface area contributed by atoms with Gasteiger partial charge in [-0.25, -0.2) is 0 Å². The summed E-state index contributed by atoms with van der Waals surface area (Å²) in [6.07, 6.45) is 0. The van der Waals surface area contributed by atoms with Crippen molar-refractivity contribution in [1.29, 1.82) is 0 Å². The molecule has 3 heteroatoms. The Hall–Kier alpha value is -3.69. The largest absolute Gasteiger partial charge is 0.465 e. The third-order valence-electron chi connectivity index (χ3n) is 6.27. The zero-order valence-electron chi connectivity index (χ0n) is 18.7. The highest BCUT2D eigenvalue weighted by atomic mass is 16.5. The zero-order valence-corrected chi connectivity index (χ0v) is 18.7. The van der Waals surface area contributed by atoms with Crippen LogP contribution < -0.4 is 0 Å². The summed E-state index contributed by atoms with van der Waals surface area (Å²) in [4.78, 5) is 15.3. The van der Waals surface area contributed by atoms with Gasteiger partial charge in [-0.3, -0.25) is 9.69 Å². The van der Waals surface area contributed by atoms with E-state index in [4.69, 9.17) is 4.74 Å². The Balaban J connectivity index is 1.52. The Morgan fingerprint density at radius 3 is 1.73 bits per heavy atom. The van der Waals surface area contributed by atoms with Gasteiger partial charge in [-0.05, 0) is 34.7 Å². The number of carbonyl (C=O) groups excluding carboxylic acids is 1. The van der Waals surface area contributed by atoms with Gasteiger partial charge in [0.25, 0.3) is 0 Å². The van der Waals surface area contributed by atoms with E-state index in [9.17, 15) is 4.79 Å². The van der Waals surface area contributed by atoms with E-state index in [1.807, 2.05) is 37.3 Å². The first kappa shape index (κ1) is 21.2. The Morgan fingerprint density at radius 1 is 0.727 bits per heavy atom. The van der Waals surface area contributed by atoms with Gasteiger partial charge in [0.15, 0.2) is 0 Å². The van der Waals surface area contributed by atoms with Crippen LogP contribution >= 0.6 is 0 Å². The molecule has 1 saturated heterocycles. The maximum Gasteiger partial charge on any atom is 0.325 e. The van der Waals surface area contributed by atoms with E-state index in [-0.39, 0.29) is 24.1 Å². The minimum Gasteiger partial charge on any atom is -0.465 e. The van der Waals surface area contributed by atoms with Gasteiger partial charge in [-0.1, -0.05) is 115 Å². The third kappa shape index (κ3) is 4.33. The molecule has 0 N–H and O–H groups in total. The monoisotopic (exact) mass is 433 g/mol. The molecule has 0 bridgehead atoms. The number of hydrogen-bond donors (Lipinski definition) is 0. The van der Waals surface area contributed by atoms with Crippen LogP contribution in [0.4, 0.5) is 0 Å². The Labute approximate surface area is 195 Å². The molecule has 33 heavy (non-hydrogen) atoms. The van der Waals surface area contributed by atoms with Gasteiger partial charge in [-0.15, -0.1) is 0 Å². The molecule has 1 unspecified atom stereocenters. The second kappa shape index (κ2) is 9.43. The molecule has 164 valence electrons. The molecule has 0 saturated carbocycles. The maximum atomic E-state index is 13.0. The second-order valence-corrected chi connectivity index (χ2v) is 8.30. The van der Waals surface area contributed by atoms with Crippen LogP contribution in [0, 0.1) is 0 Å². The Kier molecular flexibility index (Phi) is 6.05. The maximum absolute atomic E-state index is 13.0. The minimum atomic E-state index is -0.307. The first-order chi connectivity index (χ1) is 16.3. The molecule has 0 aromatic heterocycles. The van der Waals surface area contributed by atoms with Crippen LogP contribution in [0.3, 0.4) is 0 Å².